The van der Waals surface area contributed by atoms with Crippen LogP contribution in [0.1, 0.15) is 46.0 Å². The Morgan fingerprint density at radius 1 is 1.38 bits per heavy atom. The van der Waals surface area contributed by atoms with E-state index in [9.17, 15) is 18.0 Å². The Morgan fingerprint density at radius 2 is 1.96 bits per heavy atom. The quantitative estimate of drug-likeness (QED) is 0.537. The van der Waals surface area contributed by atoms with E-state index in [1.54, 1.807) is 13.8 Å². The summed E-state index contributed by atoms with van der Waals surface area (Å²) in [5.74, 6) is -1.19. The van der Waals surface area contributed by atoms with E-state index in [2.05, 4.69) is 9.84 Å². The van der Waals surface area contributed by atoms with Gasteiger partial charge >= 0.3 is 12.1 Å². The first-order chi connectivity index (χ1) is 11.5. The average Bonchev–Trinajstić information content (AvgIpc) is 2.79. The molecule has 0 saturated heterocycles. The predicted octanol–water partition coefficient (Wildman–Crippen LogP) is 4.10. The van der Waals surface area contributed by atoms with E-state index < -0.39 is 43.8 Å². The number of hydrogen-bond acceptors (Lipinski definition) is 4. The van der Waals surface area contributed by atoms with Crippen LogP contribution in [-0.2, 0) is 21.8 Å². The van der Waals surface area contributed by atoms with E-state index in [0.717, 1.165) is 0 Å². The fourth-order valence-electron chi connectivity index (χ4n) is 2.23. The summed E-state index contributed by atoms with van der Waals surface area (Å²) in [6, 6.07) is 0. The maximum atomic E-state index is 13.5. The normalized spacial score (nSPS) is 15.0. The average molecular weight is 368 g/mol. The third-order valence-corrected chi connectivity index (χ3v) is 3.94. The van der Waals surface area contributed by atoms with Crippen molar-refractivity contribution in [3.63, 3.8) is 0 Å². The van der Waals surface area contributed by atoms with Crippen LogP contribution in [0.4, 0.5) is 13.2 Å². The van der Waals surface area contributed by atoms with E-state index in [-0.39, 0.29) is 17.7 Å². The molecule has 1 aromatic rings. The molecule has 0 aromatic carbocycles. The fraction of sp³-hybridized carbons (Fsp3) is 0.733. The van der Waals surface area contributed by atoms with Crippen molar-refractivity contribution < 1.29 is 29.9 Å². The number of rotatable bonds is 7. The zero-order chi connectivity index (χ0) is 20.6. The summed E-state index contributed by atoms with van der Waals surface area (Å²) in [5, 5.41) is 3.51. The maximum absolute atomic E-state index is 13.5. The monoisotopic (exact) mass is 368 g/mol. The lowest BCUT2D eigenvalue weighted by molar-refractivity contribution is -0.145. The number of hydrogen-bond donors (Lipinski definition) is 0. The summed E-state index contributed by atoms with van der Waals surface area (Å²) in [7, 11) is -2.06. The Balaban J connectivity index is 3.34. The summed E-state index contributed by atoms with van der Waals surface area (Å²) in [6.07, 6.45) is -4.67. The number of nitrogens with zero attached hydrogens (tertiary/aromatic N) is 2. The maximum Gasteiger partial charge on any atom is 0.433 e. The molecule has 1 heterocycles. The van der Waals surface area contributed by atoms with Crippen molar-refractivity contribution in [3.05, 3.63) is 17.5 Å². The second-order valence-electron chi connectivity index (χ2n) is 6.85. The summed E-state index contributed by atoms with van der Waals surface area (Å²) >= 11 is 0. The number of ether oxygens (including phenoxy) is 1. The fourth-order valence-corrected chi connectivity index (χ4v) is 3.96. The van der Waals surface area contributed by atoms with Gasteiger partial charge in [0.1, 0.15) is 5.56 Å². The number of esters is 1. The summed E-state index contributed by atoms with van der Waals surface area (Å²) < 4.78 is 67.6. The SMILES string of the molecule is [2H]C([2H])(CC(C)(C)O[Si](C)(C)C)n1ncc(C(=O)OCC)c1C(F)(F)F. The lowest BCUT2D eigenvalue weighted by Crippen LogP contribution is -2.39. The first-order valence-electron chi connectivity index (χ1n) is 8.53. The Labute approximate surface area is 144 Å². The number of halogens is 3. The van der Waals surface area contributed by atoms with Gasteiger partial charge in [0.15, 0.2) is 14.0 Å². The van der Waals surface area contributed by atoms with Gasteiger partial charge in [0.05, 0.1) is 21.1 Å². The van der Waals surface area contributed by atoms with Crippen molar-refractivity contribution in [1.82, 2.24) is 9.78 Å². The molecular weight excluding hydrogens is 341 g/mol. The van der Waals surface area contributed by atoms with Crippen molar-refractivity contribution in [2.24, 2.45) is 0 Å². The van der Waals surface area contributed by atoms with Crippen LogP contribution in [0.2, 0.25) is 19.6 Å². The molecule has 24 heavy (non-hydrogen) atoms. The molecule has 0 saturated carbocycles. The highest BCUT2D eigenvalue weighted by Gasteiger charge is 2.41. The zero-order valence-corrected chi connectivity index (χ0v) is 15.7. The Hall–Kier alpha value is -1.35. The zero-order valence-electron chi connectivity index (χ0n) is 16.7. The predicted molar refractivity (Wildman–Crippen MR) is 86.3 cm³/mol. The van der Waals surface area contributed by atoms with Crippen LogP contribution >= 0.6 is 0 Å². The Kier molecular flexibility index (Phi) is 5.29. The van der Waals surface area contributed by atoms with Crippen LogP contribution < -0.4 is 0 Å². The van der Waals surface area contributed by atoms with Crippen molar-refractivity contribution in [1.29, 1.82) is 0 Å². The number of aromatic nitrogens is 2. The minimum atomic E-state index is -4.98. The van der Waals surface area contributed by atoms with E-state index in [1.165, 1.54) is 6.92 Å². The van der Waals surface area contributed by atoms with Gasteiger partial charge in [-0.2, -0.15) is 18.3 Å². The third kappa shape index (κ3) is 5.93. The van der Waals surface area contributed by atoms with Crippen LogP contribution in [0.15, 0.2) is 6.20 Å². The lowest BCUT2D eigenvalue weighted by atomic mass is 10.1. The van der Waals surface area contributed by atoms with Gasteiger partial charge in [-0.05, 0) is 46.8 Å². The second kappa shape index (κ2) is 7.26. The highest BCUT2D eigenvalue weighted by atomic mass is 28.4. The molecule has 0 amide bonds. The van der Waals surface area contributed by atoms with E-state index in [4.69, 9.17) is 7.17 Å². The molecule has 0 aliphatic carbocycles. The molecule has 1 aromatic heterocycles. The van der Waals surface area contributed by atoms with Gasteiger partial charge in [-0.3, -0.25) is 4.68 Å². The molecule has 0 fully saturated rings. The second-order valence-corrected chi connectivity index (χ2v) is 11.3. The number of carbonyl (C=O) groups is 1. The molecule has 138 valence electrons. The van der Waals surface area contributed by atoms with E-state index in [0.29, 0.717) is 6.20 Å². The minimum Gasteiger partial charge on any atom is -0.462 e. The number of carbonyl (C=O) groups excluding carboxylic acids is 1. The summed E-state index contributed by atoms with van der Waals surface area (Å²) in [5.41, 5.74) is -3.30. The first kappa shape index (κ1) is 17.5. The van der Waals surface area contributed by atoms with E-state index >= 15 is 0 Å². The molecular formula is C15H25F3N2O3Si. The molecule has 1 rings (SSSR count). The standard InChI is InChI=1S/C15H25F3N2O3Si/c1-7-22-13(21)11-10-19-20(12(11)15(16,17)18)9-8-14(2,3)23-24(4,5)6/h10H,7-9H2,1-6H3/i9D2. The van der Waals surface area contributed by atoms with Gasteiger partial charge in [0.2, 0.25) is 0 Å². The summed E-state index contributed by atoms with van der Waals surface area (Å²) in [4.78, 5) is 11.8. The highest BCUT2D eigenvalue weighted by Crippen LogP contribution is 2.33. The van der Waals surface area contributed by atoms with Crippen molar-refractivity contribution in [2.45, 2.75) is 65.1 Å². The molecule has 0 atom stereocenters. The molecule has 0 radical (unpaired) electrons. The van der Waals surface area contributed by atoms with Crippen molar-refractivity contribution >= 4 is 14.3 Å². The van der Waals surface area contributed by atoms with Crippen LogP contribution in [0.5, 0.6) is 0 Å². The molecule has 0 bridgehead atoms. The summed E-state index contributed by atoms with van der Waals surface area (Å²) in [6.45, 7) is 7.77. The first-order valence-corrected chi connectivity index (χ1v) is 10.9. The highest BCUT2D eigenvalue weighted by molar-refractivity contribution is 6.69. The number of aryl methyl sites for hydroxylation is 1. The van der Waals surface area contributed by atoms with Gasteiger partial charge in [0.25, 0.3) is 0 Å². The van der Waals surface area contributed by atoms with Gasteiger partial charge in [-0.25, -0.2) is 4.79 Å². The molecule has 0 unspecified atom stereocenters. The van der Waals surface area contributed by atoms with Gasteiger partial charge in [-0.15, -0.1) is 0 Å². The largest absolute Gasteiger partial charge is 0.462 e. The molecule has 0 spiro atoms. The van der Waals surface area contributed by atoms with Crippen molar-refractivity contribution in [3.8, 4) is 0 Å². The molecule has 0 aliphatic rings. The number of alkyl halides is 3. The lowest BCUT2D eigenvalue weighted by Gasteiger charge is -2.33. The topological polar surface area (TPSA) is 53.4 Å². The van der Waals surface area contributed by atoms with Gasteiger partial charge < -0.3 is 9.16 Å². The van der Waals surface area contributed by atoms with Crippen LogP contribution in [0.25, 0.3) is 0 Å². The van der Waals surface area contributed by atoms with Gasteiger partial charge in [0, 0.05) is 6.50 Å². The van der Waals surface area contributed by atoms with Crippen LogP contribution in [0.3, 0.4) is 0 Å². The molecule has 5 nitrogen and oxygen atoms in total. The molecule has 0 aliphatic heterocycles. The van der Waals surface area contributed by atoms with E-state index in [1.807, 2.05) is 19.6 Å². The van der Waals surface area contributed by atoms with Crippen molar-refractivity contribution in [2.75, 3.05) is 6.61 Å². The molecule has 9 heteroatoms. The Morgan fingerprint density at radius 3 is 2.42 bits per heavy atom. The smallest absolute Gasteiger partial charge is 0.433 e. The minimum absolute atomic E-state index is 0.106. The van der Waals surface area contributed by atoms with Gasteiger partial charge in [-0.1, -0.05) is 0 Å². The Bertz CT molecular complexity index is 656. The van der Waals surface area contributed by atoms with Crippen LogP contribution in [0, 0.1) is 0 Å². The van der Waals surface area contributed by atoms with Crippen LogP contribution in [-0.4, -0.2) is 36.3 Å². The third-order valence-electron chi connectivity index (χ3n) is 2.77. The molecule has 0 N–H and O–H groups in total.